The summed E-state index contributed by atoms with van der Waals surface area (Å²) in [5, 5.41) is 7.02. The van der Waals surface area contributed by atoms with E-state index < -0.39 is 0 Å². The first-order valence-corrected chi connectivity index (χ1v) is 11.2. The van der Waals surface area contributed by atoms with Crippen LogP contribution in [0.4, 0.5) is 0 Å². The maximum Gasteiger partial charge on any atom is 0.273 e. The summed E-state index contributed by atoms with van der Waals surface area (Å²) in [6.07, 6.45) is 2.34. The van der Waals surface area contributed by atoms with Crippen molar-refractivity contribution in [2.45, 2.75) is 18.9 Å². The van der Waals surface area contributed by atoms with Gasteiger partial charge in [-0.1, -0.05) is 17.3 Å². The molecule has 33 heavy (non-hydrogen) atoms. The van der Waals surface area contributed by atoms with Crippen LogP contribution in [0.1, 0.15) is 34.9 Å². The Labute approximate surface area is 192 Å². The second-order valence-electron chi connectivity index (χ2n) is 8.18. The number of likely N-dealkylation sites (tertiary alicyclic amines) is 1. The van der Waals surface area contributed by atoms with Crippen molar-refractivity contribution in [2.75, 3.05) is 40.0 Å². The molecule has 5 rings (SSSR count). The lowest BCUT2D eigenvalue weighted by molar-refractivity contribution is 0.0929. The summed E-state index contributed by atoms with van der Waals surface area (Å²) in [5.41, 5.74) is 2.17. The van der Waals surface area contributed by atoms with E-state index in [9.17, 15) is 4.79 Å². The molecule has 1 amide bonds. The Bertz CT molecular complexity index is 1110. The lowest BCUT2D eigenvalue weighted by Gasteiger charge is -2.28. The third-order valence-corrected chi connectivity index (χ3v) is 6.11. The Morgan fingerprint density at radius 1 is 1.06 bits per heavy atom. The molecule has 1 aromatic heterocycles. The summed E-state index contributed by atoms with van der Waals surface area (Å²) < 4.78 is 21.9. The maximum absolute atomic E-state index is 12.9. The Balaban J connectivity index is 1.28. The van der Waals surface area contributed by atoms with Gasteiger partial charge in [-0.3, -0.25) is 9.69 Å². The lowest BCUT2D eigenvalue weighted by Crippen LogP contribution is -2.36. The molecule has 8 heteroatoms. The zero-order valence-corrected chi connectivity index (χ0v) is 18.6. The molecule has 0 aliphatic carbocycles. The molecule has 172 valence electrons. The van der Waals surface area contributed by atoms with Crippen molar-refractivity contribution in [3.05, 3.63) is 59.8 Å². The molecule has 0 unspecified atom stereocenters. The van der Waals surface area contributed by atoms with Gasteiger partial charge in [0.15, 0.2) is 23.0 Å². The number of benzene rings is 2. The van der Waals surface area contributed by atoms with Crippen molar-refractivity contribution in [1.82, 2.24) is 15.4 Å². The molecule has 1 saturated heterocycles. The standard InChI is InChI=1S/C25H27N3O5/c1-30-19-7-4-17(5-8-19)21(28-10-2-3-11-28)16-26-25(29)20-15-23(33-27-20)18-6-9-22-24(14-18)32-13-12-31-22/h4-9,14-15,21H,2-3,10-13,16H2,1H3,(H,26,29)/t21-/m0/s1. The van der Waals surface area contributed by atoms with Gasteiger partial charge in [0.2, 0.25) is 0 Å². The van der Waals surface area contributed by atoms with E-state index in [0.29, 0.717) is 37.0 Å². The van der Waals surface area contributed by atoms with Gasteiger partial charge in [-0.05, 0) is 61.8 Å². The summed E-state index contributed by atoms with van der Waals surface area (Å²) in [4.78, 5) is 15.3. The lowest BCUT2D eigenvalue weighted by atomic mass is 10.1. The normalized spacial score (nSPS) is 16.4. The molecule has 2 aliphatic heterocycles. The predicted octanol–water partition coefficient (Wildman–Crippen LogP) is 3.69. The van der Waals surface area contributed by atoms with Crippen LogP contribution in [0.3, 0.4) is 0 Å². The molecular formula is C25H27N3O5. The number of nitrogens with one attached hydrogen (secondary N) is 1. The summed E-state index contributed by atoms with van der Waals surface area (Å²) in [6.45, 7) is 3.56. The average molecular weight is 450 g/mol. The van der Waals surface area contributed by atoms with E-state index in [1.807, 2.05) is 30.3 Å². The second kappa shape index (κ2) is 9.54. The largest absolute Gasteiger partial charge is 0.497 e. The Morgan fingerprint density at radius 3 is 2.58 bits per heavy atom. The van der Waals surface area contributed by atoms with E-state index in [-0.39, 0.29) is 17.6 Å². The van der Waals surface area contributed by atoms with Gasteiger partial charge in [-0.25, -0.2) is 0 Å². The number of hydrogen-bond acceptors (Lipinski definition) is 7. The van der Waals surface area contributed by atoms with E-state index in [0.717, 1.165) is 30.0 Å². The number of ether oxygens (including phenoxy) is 3. The van der Waals surface area contributed by atoms with Crippen molar-refractivity contribution in [3.63, 3.8) is 0 Å². The minimum absolute atomic E-state index is 0.0894. The van der Waals surface area contributed by atoms with Crippen LogP contribution in [-0.4, -0.2) is 55.9 Å². The van der Waals surface area contributed by atoms with E-state index >= 15 is 0 Å². The molecule has 0 saturated carbocycles. The van der Waals surface area contributed by atoms with Crippen LogP contribution in [0, 0.1) is 0 Å². The van der Waals surface area contributed by atoms with Gasteiger partial charge in [0, 0.05) is 18.2 Å². The van der Waals surface area contributed by atoms with Gasteiger partial charge in [0.1, 0.15) is 19.0 Å². The number of carbonyl (C=O) groups is 1. The third-order valence-electron chi connectivity index (χ3n) is 6.11. The fourth-order valence-electron chi connectivity index (χ4n) is 4.33. The minimum Gasteiger partial charge on any atom is -0.497 e. The quantitative estimate of drug-likeness (QED) is 0.589. The van der Waals surface area contributed by atoms with Crippen molar-refractivity contribution < 1.29 is 23.5 Å². The Kier molecular flexibility index (Phi) is 6.17. The molecule has 3 heterocycles. The molecule has 2 aromatic carbocycles. The first-order valence-electron chi connectivity index (χ1n) is 11.2. The van der Waals surface area contributed by atoms with Crippen molar-refractivity contribution in [2.24, 2.45) is 0 Å². The predicted molar refractivity (Wildman–Crippen MR) is 122 cm³/mol. The average Bonchev–Trinajstić information content (AvgIpc) is 3.57. The highest BCUT2D eigenvalue weighted by Gasteiger charge is 2.25. The first-order chi connectivity index (χ1) is 16.2. The van der Waals surface area contributed by atoms with E-state index in [2.05, 4.69) is 27.5 Å². The van der Waals surface area contributed by atoms with Crippen LogP contribution >= 0.6 is 0 Å². The zero-order valence-electron chi connectivity index (χ0n) is 18.6. The van der Waals surface area contributed by atoms with Crippen LogP contribution in [0.2, 0.25) is 0 Å². The molecule has 1 atom stereocenters. The van der Waals surface area contributed by atoms with Crippen LogP contribution < -0.4 is 19.5 Å². The van der Waals surface area contributed by atoms with Gasteiger partial charge in [0.05, 0.1) is 13.2 Å². The van der Waals surface area contributed by atoms with E-state index in [1.54, 1.807) is 13.2 Å². The molecule has 1 fully saturated rings. The van der Waals surface area contributed by atoms with Crippen LogP contribution in [-0.2, 0) is 0 Å². The van der Waals surface area contributed by atoms with Crippen LogP contribution in [0.25, 0.3) is 11.3 Å². The Morgan fingerprint density at radius 2 is 1.82 bits per heavy atom. The van der Waals surface area contributed by atoms with Gasteiger partial charge in [-0.15, -0.1) is 0 Å². The molecule has 8 nitrogen and oxygen atoms in total. The van der Waals surface area contributed by atoms with E-state index in [4.69, 9.17) is 18.7 Å². The number of rotatable bonds is 7. The highest BCUT2D eigenvalue weighted by molar-refractivity contribution is 5.93. The monoisotopic (exact) mass is 449 g/mol. The Hall–Kier alpha value is -3.52. The second-order valence-corrected chi connectivity index (χ2v) is 8.18. The molecule has 0 bridgehead atoms. The SMILES string of the molecule is COc1ccc([C@H](CNC(=O)c2cc(-c3ccc4c(c3)OCCO4)on2)N2CCCC2)cc1. The highest BCUT2D eigenvalue weighted by Crippen LogP contribution is 2.34. The smallest absolute Gasteiger partial charge is 0.273 e. The third kappa shape index (κ3) is 4.66. The zero-order chi connectivity index (χ0) is 22.6. The molecule has 2 aliphatic rings. The topological polar surface area (TPSA) is 86.1 Å². The van der Waals surface area contributed by atoms with Gasteiger partial charge in [0.25, 0.3) is 5.91 Å². The van der Waals surface area contributed by atoms with Crippen LogP contribution in [0.15, 0.2) is 53.1 Å². The van der Waals surface area contributed by atoms with E-state index in [1.165, 1.54) is 12.8 Å². The van der Waals surface area contributed by atoms with Gasteiger partial charge < -0.3 is 24.1 Å². The number of nitrogens with zero attached hydrogens (tertiary/aromatic N) is 2. The molecule has 0 spiro atoms. The molecule has 1 N–H and O–H groups in total. The molecule has 0 radical (unpaired) electrons. The molecular weight excluding hydrogens is 422 g/mol. The summed E-state index contributed by atoms with van der Waals surface area (Å²) >= 11 is 0. The fraction of sp³-hybridized carbons (Fsp3) is 0.360. The van der Waals surface area contributed by atoms with Crippen molar-refractivity contribution in [3.8, 4) is 28.6 Å². The number of aromatic nitrogens is 1. The number of methoxy groups -OCH3 is 1. The highest BCUT2D eigenvalue weighted by atomic mass is 16.6. The first kappa shape index (κ1) is 21.3. The number of carbonyl (C=O) groups excluding carboxylic acids is 1. The minimum atomic E-state index is -0.264. The summed E-state index contributed by atoms with van der Waals surface area (Å²) in [5.74, 6) is 2.42. The van der Waals surface area contributed by atoms with Crippen molar-refractivity contribution >= 4 is 5.91 Å². The van der Waals surface area contributed by atoms with Crippen LogP contribution in [0.5, 0.6) is 17.2 Å². The number of amides is 1. The number of fused-ring (bicyclic) bond motifs is 1. The van der Waals surface area contributed by atoms with Crippen molar-refractivity contribution in [1.29, 1.82) is 0 Å². The van der Waals surface area contributed by atoms with Gasteiger partial charge >= 0.3 is 0 Å². The fourth-order valence-corrected chi connectivity index (χ4v) is 4.33. The molecule has 3 aromatic rings. The maximum atomic E-state index is 12.9. The number of hydrogen-bond donors (Lipinski definition) is 1. The summed E-state index contributed by atoms with van der Waals surface area (Å²) in [6, 6.07) is 15.3. The summed E-state index contributed by atoms with van der Waals surface area (Å²) in [7, 11) is 1.66. The van der Waals surface area contributed by atoms with Gasteiger partial charge in [-0.2, -0.15) is 0 Å².